The van der Waals surface area contributed by atoms with Gasteiger partial charge in [0.2, 0.25) is 0 Å². The molecule has 0 radical (unpaired) electrons. The second kappa shape index (κ2) is 3.89. The molecular formula is C15H12O3. The van der Waals surface area contributed by atoms with Crippen molar-refractivity contribution in [2.75, 3.05) is 0 Å². The molecule has 1 aliphatic rings. The second-order valence-electron chi connectivity index (χ2n) is 4.19. The topological polar surface area (TPSA) is 49.7 Å². The first-order chi connectivity index (χ1) is 8.69. The van der Waals surface area contributed by atoms with Gasteiger partial charge < -0.3 is 14.9 Å². The quantitative estimate of drug-likeness (QED) is 0.805. The fraction of sp³-hybridized carbons (Fsp3) is 0.0667. The smallest absolute Gasteiger partial charge is 0.258 e. The summed E-state index contributed by atoms with van der Waals surface area (Å²) in [6, 6.07) is 14.0. The van der Waals surface area contributed by atoms with Crippen LogP contribution in [0.15, 0.2) is 54.6 Å². The molecule has 0 amide bonds. The van der Waals surface area contributed by atoms with Gasteiger partial charge in [-0.2, -0.15) is 0 Å². The average molecular weight is 240 g/mol. The zero-order valence-electron chi connectivity index (χ0n) is 9.58. The minimum atomic E-state index is -1.63. The fourth-order valence-corrected chi connectivity index (χ4v) is 2.04. The van der Waals surface area contributed by atoms with Crippen molar-refractivity contribution in [3.63, 3.8) is 0 Å². The molecule has 1 atom stereocenters. The number of ether oxygens (including phenoxy) is 1. The Bertz CT molecular complexity index is 619. The van der Waals surface area contributed by atoms with Crippen LogP contribution in [0.1, 0.15) is 11.1 Å². The van der Waals surface area contributed by atoms with Crippen LogP contribution in [0.25, 0.3) is 6.08 Å². The number of aromatic hydroxyl groups is 1. The van der Waals surface area contributed by atoms with E-state index in [1.54, 1.807) is 30.3 Å². The Morgan fingerprint density at radius 1 is 0.944 bits per heavy atom. The molecule has 0 aliphatic carbocycles. The number of phenolic OH excluding ortho intramolecular Hbond substituents is 1. The molecule has 0 saturated carbocycles. The van der Waals surface area contributed by atoms with E-state index < -0.39 is 5.79 Å². The minimum absolute atomic E-state index is 0.00373. The molecule has 0 fully saturated rings. The molecule has 0 aromatic heterocycles. The van der Waals surface area contributed by atoms with Crippen molar-refractivity contribution < 1.29 is 14.9 Å². The Kier molecular flexibility index (Phi) is 2.35. The number of hydrogen-bond acceptors (Lipinski definition) is 3. The van der Waals surface area contributed by atoms with Gasteiger partial charge >= 0.3 is 0 Å². The lowest BCUT2D eigenvalue weighted by atomic mass is 10.00. The number of rotatable bonds is 1. The number of phenols is 1. The summed E-state index contributed by atoms with van der Waals surface area (Å²) in [6.07, 6.45) is 3.32. The van der Waals surface area contributed by atoms with Crippen LogP contribution in [-0.4, -0.2) is 10.2 Å². The van der Waals surface area contributed by atoms with E-state index in [1.165, 1.54) is 12.1 Å². The van der Waals surface area contributed by atoms with Crippen LogP contribution in [0.5, 0.6) is 11.5 Å². The van der Waals surface area contributed by atoms with Crippen molar-refractivity contribution in [1.82, 2.24) is 0 Å². The van der Waals surface area contributed by atoms with Gasteiger partial charge in [0, 0.05) is 5.56 Å². The molecule has 3 rings (SSSR count). The van der Waals surface area contributed by atoms with Crippen molar-refractivity contribution >= 4 is 6.08 Å². The van der Waals surface area contributed by atoms with Gasteiger partial charge in [0.05, 0.1) is 5.56 Å². The molecule has 3 nitrogen and oxygen atoms in total. The molecular weight excluding hydrogens is 228 g/mol. The molecule has 1 aliphatic heterocycles. The molecule has 1 unspecified atom stereocenters. The third-order valence-electron chi connectivity index (χ3n) is 2.96. The highest BCUT2D eigenvalue weighted by Gasteiger charge is 2.34. The third-order valence-corrected chi connectivity index (χ3v) is 2.96. The van der Waals surface area contributed by atoms with Crippen molar-refractivity contribution in [2.45, 2.75) is 5.79 Å². The molecule has 90 valence electrons. The zero-order chi connectivity index (χ0) is 12.6. The highest BCUT2D eigenvalue weighted by Crippen LogP contribution is 2.38. The van der Waals surface area contributed by atoms with Crippen LogP contribution in [0.2, 0.25) is 0 Å². The molecule has 1 heterocycles. The number of para-hydroxylation sites is 2. The van der Waals surface area contributed by atoms with E-state index in [2.05, 4.69) is 0 Å². The lowest BCUT2D eigenvalue weighted by molar-refractivity contribution is -0.104. The maximum atomic E-state index is 10.5. The van der Waals surface area contributed by atoms with E-state index in [-0.39, 0.29) is 5.75 Å². The predicted molar refractivity (Wildman–Crippen MR) is 68.1 cm³/mol. The van der Waals surface area contributed by atoms with Gasteiger partial charge in [-0.05, 0) is 30.4 Å². The highest BCUT2D eigenvalue weighted by molar-refractivity contribution is 5.61. The fourth-order valence-electron chi connectivity index (χ4n) is 2.04. The van der Waals surface area contributed by atoms with Crippen molar-refractivity contribution in [3.8, 4) is 11.5 Å². The number of benzene rings is 2. The summed E-state index contributed by atoms with van der Waals surface area (Å²) in [5.74, 6) is -1.03. The first-order valence-corrected chi connectivity index (χ1v) is 5.67. The van der Waals surface area contributed by atoms with E-state index in [4.69, 9.17) is 4.74 Å². The van der Waals surface area contributed by atoms with Gasteiger partial charge in [0.25, 0.3) is 5.79 Å². The molecule has 2 aromatic rings. The second-order valence-corrected chi connectivity index (χ2v) is 4.19. The van der Waals surface area contributed by atoms with Gasteiger partial charge in [-0.1, -0.05) is 30.3 Å². The molecule has 0 bridgehead atoms. The molecule has 2 aromatic carbocycles. The van der Waals surface area contributed by atoms with E-state index in [0.717, 1.165) is 5.56 Å². The van der Waals surface area contributed by atoms with Gasteiger partial charge in [0.15, 0.2) is 0 Å². The summed E-state index contributed by atoms with van der Waals surface area (Å²) in [5.41, 5.74) is 1.23. The molecule has 2 N–H and O–H groups in total. The predicted octanol–water partition coefficient (Wildman–Crippen LogP) is 2.64. The Morgan fingerprint density at radius 2 is 1.67 bits per heavy atom. The first-order valence-electron chi connectivity index (χ1n) is 5.67. The summed E-state index contributed by atoms with van der Waals surface area (Å²) in [7, 11) is 0. The number of aliphatic hydroxyl groups is 1. The zero-order valence-corrected chi connectivity index (χ0v) is 9.58. The summed E-state index contributed by atoms with van der Waals surface area (Å²) >= 11 is 0. The van der Waals surface area contributed by atoms with Crippen LogP contribution in [0.4, 0.5) is 0 Å². The van der Waals surface area contributed by atoms with Gasteiger partial charge in [-0.25, -0.2) is 0 Å². The maximum absolute atomic E-state index is 10.5. The number of fused-ring (bicyclic) bond motifs is 1. The van der Waals surface area contributed by atoms with Gasteiger partial charge in [-0.15, -0.1) is 0 Å². The van der Waals surface area contributed by atoms with Crippen molar-refractivity contribution in [3.05, 3.63) is 65.7 Å². The minimum Gasteiger partial charge on any atom is -0.507 e. The van der Waals surface area contributed by atoms with Crippen LogP contribution < -0.4 is 4.74 Å². The molecule has 0 saturated heterocycles. The first kappa shape index (κ1) is 10.9. The monoisotopic (exact) mass is 240 g/mol. The third kappa shape index (κ3) is 1.65. The largest absolute Gasteiger partial charge is 0.507 e. The highest BCUT2D eigenvalue weighted by atomic mass is 16.6. The van der Waals surface area contributed by atoms with E-state index in [0.29, 0.717) is 11.3 Å². The Balaban J connectivity index is 2.08. The standard InChI is InChI=1S/C15H12O3/c16-13-7-3-2-6-12(13)15(17)10-9-11-5-1-4-8-14(11)18-15/h1-10,16-17H. The van der Waals surface area contributed by atoms with E-state index in [9.17, 15) is 10.2 Å². The average Bonchev–Trinajstić information content (AvgIpc) is 2.39. The van der Waals surface area contributed by atoms with Crippen molar-refractivity contribution in [2.24, 2.45) is 0 Å². The SMILES string of the molecule is Oc1ccccc1C1(O)C=Cc2ccccc2O1. The number of hydrogen-bond donors (Lipinski definition) is 2. The van der Waals surface area contributed by atoms with Crippen LogP contribution in [0, 0.1) is 0 Å². The normalized spacial score (nSPS) is 21.2. The lowest BCUT2D eigenvalue weighted by Gasteiger charge is -2.30. The Morgan fingerprint density at radius 3 is 2.50 bits per heavy atom. The van der Waals surface area contributed by atoms with E-state index >= 15 is 0 Å². The van der Waals surface area contributed by atoms with Crippen molar-refractivity contribution in [1.29, 1.82) is 0 Å². The lowest BCUT2D eigenvalue weighted by Crippen LogP contribution is -2.32. The Labute approximate surface area is 105 Å². The summed E-state index contributed by atoms with van der Waals surface area (Å²) in [5, 5.41) is 20.3. The van der Waals surface area contributed by atoms with Gasteiger partial charge in [-0.3, -0.25) is 0 Å². The van der Waals surface area contributed by atoms with Gasteiger partial charge in [0.1, 0.15) is 11.5 Å². The van der Waals surface area contributed by atoms with Crippen LogP contribution >= 0.6 is 0 Å². The summed E-state index contributed by atoms with van der Waals surface area (Å²) < 4.78 is 5.60. The molecule has 18 heavy (non-hydrogen) atoms. The summed E-state index contributed by atoms with van der Waals surface area (Å²) in [6.45, 7) is 0. The summed E-state index contributed by atoms with van der Waals surface area (Å²) in [4.78, 5) is 0. The Hall–Kier alpha value is -2.26. The van der Waals surface area contributed by atoms with Crippen LogP contribution in [0.3, 0.4) is 0 Å². The van der Waals surface area contributed by atoms with Crippen LogP contribution in [-0.2, 0) is 5.79 Å². The van der Waals surface area contributed by atoms with E-state index in [1.807, 2.05) is 18.2 Å². The molecule has 3 heteroatoms. The maximum Gasteiger partial charge on any atom is 0.258 e. The molecule has 0 spiro atoms.